The molecule has 45 heavy (non-hydrogen) atoms. The van der Waals surface area contributed by atoms with Gasteiger partial charge in [0.15, 0.2) is 6.61 Å². The molecule has 0 unspecified atom stereocenters. The maximum absolute atomic E-state index is 13.7. The highest BCUT2D eigenvalue weighted by Crippen LogP contribution is 2.36. The second-order valence-electron chi connectivity index (χ2n) is 12.1. The number of hydrogen-bond acceptors (Lipinski definition) is 8. The predicted octanol–water partition coefficient (Wildman–Crippen LogP) is 5.17. The van der Waals surface area contributed by atoms with E-state index in [1.54, 1.807) is 39.1 Å². The number of rotatable bonds is 11. The van der Waals surface area contributed by atoms with Gasteiger partial charge in [-0.3, -0.25) is 14.7 Å². The van der Waals surface area contributed by atoms with E-state index < -0.39 is 24.4 Å². The topological polar surface area (TPSA) is 90.7 Å². The highest BCUT2D eigenvalue weighted by molar-refractivity contribution is 5.97. The molecular formula is C32H40F4N6O3. The molecule has 244 valence electrons. The average molecular weight is 633 g/mol. The molecule has 1 aromatic carbocycles. The van der Waals surface area contributed by atoms with Crippen LogP contribution < -0.4 is 4.90 Å². The van der Waals surface area contributed by atoms with E-state index in [0.29, 0.717) is 48.3 Å². The average Bonchev–Trinajstić information content (AvgIpc) is 3.03. The van der Waals surface area contributed by atoms with E-state index in [1.165, 1.54) is 11.1 Å². The van der Waals surface area contributed by atoms with Gasteiger partial charge in [0.05, 0.1) is 17.8 Å². The van der Waals surface area contributed by atoms with Crippen LogP contribution in [0.1, 0.15) is 66.7 Å². The van der Waals surface area contributed by atoms with Gasteiger partial charge in [-0.15, -0.1) is 5.10 Å². The minimum atomic E-state index is -2.69. The molecule has 0 atom stereocenters. The SMILES string of the molecule is C=N/N=C(\OCC(F)F)c1ccc(CN(C)C(=O)c2ccc(N3CCN(C4CCC(F)(F)CC4)CC3)cc2C(C)(C)C=O)nc1. The highest BCUT2D eigenvalue weighted by atomic mass is 19.3. The van der Waals surface area contributed by atoms with E-state index in [1.807, 2.05) is 12.1 Å². The number of halogens is 4. The molecular weight excluding hydrogens is 592 g/mol. The lowest BCUT2D eigenvalue weighted by atomic mass is 9.82. The molecule has 0 bridgehead atoms. The molecule has 2 aromatic rings. The normalized spacial score (nSPS) is 18.1. The molecule has 0 spiro atoms. The number of benzene rings is 1. The van der Waals surface area contributed by atoms with Gasteiger partial charge < -0.3 is 19.3 Å². The quantitative estimate of drug-likeness (QED) is 0.112. The number of nitrogens with zero attached hydrogens (tertiary/aromatic N) is 6. The van der Waals surface area contributed by atoms with Crippen molar-refractivity contribution in [2.45, 2.75) is 69.9 Å². The minimum Gasteiger partial charge on any atom is -0.470 e. The molecule has 13 heteroatoms. The van der Waals surface area contributed by atoms with Crippen molar-refractivity contribution in [3.63, 3.8) is 0 Å². The number of ether oxygens (including phenoxy) is 1. The van der Waals surface area contributed by atoms with Crippen LogP contribution in [-0.2, 0) is 21.5 Å². The summed E-state index contributed by atoms with van der Waals surface area (Å²) in [6.07, 6.45) is 0.422. The Labute approximate surface area is 260 Å². The van der Waals surface area contributed by atoms with Gasteiger partial charge in [-0.05, 0) is 62.6 Å². The Morgan fingerprint density at radius 2 is 1.87 bits per heavy atom. The zero-order valence-electron chi connectivity index (χ0n) is 25.9. The summed E-state index contributed by atoms with van der Waals surface area (Å²) in [4.78, 5) is 36.1. The van der Waals surface area contributed by atoms with Crippen molar-refractivity contribution in [2.75, 3.05) is 44.7 Å². The van der Waals surface area contributed by atoms with Crippen molar-refractivity contribution >= 4 is 30.5 Å². The molecule has 0 radical (unpaired) electrons. The third kappa shape index (κ3) is 8.65. The zero-order valence-corrected chi connectivity index (χ0v) is 25.9. The number of pyridine rings is 1. The first kappa shape index (κ1) is 34.0. The first-order chi connectivity index (χ1) is 21.3. The number of amides is 1. The van der Waals surface area contributed by atoms with Crippen LogP contribution in [0.15, 0.2) is 46.7 Å². The van der Waals surface area contributed by atoms with Gasteiger partial charge in [-0.2, -0.15) is 5.10 Å². The van der Waals surface area contributed by atoms with Crippen molar-refractivity contribution in [1.82, 2.24) is 14.8 Å². The van der Waals surface area contributed by atoms with Crippen molar-refractivity contribution < 1.29 is 31.9 Å². The molecule has 1 saturated heterocycles. The van der Waals surface area contributed by atoms with Gasteiger partial charge in [-0.1, -0.05) is 0 Å². The second-order valence-corrected chi connectivity index (χ2v) is 12.1. The molecule has 2 aliphatic rings. The van der Waals surface area contributed by atoms with E-state index in [2.05, 4.69) is 31.7 Å². The van der Waals surface area contributed by atoms with Crippen LogP contribution in [0.5, 0.6) is 0 Å². The Morgan fingerprint density at radius 3 is 2.44 bits per heavy atom. The number of aromatic nitrogens is 1. The summed E-state index contributed by atoms with van der Waals surface area (Å²) in [6, 6.07) is 8.90. The summed E-state index contributed by atoms with van der Waals surface area (Å²) in [6.45, 7) is 8.98. The zero-order chi connectivity index (χ0) is 32.8. The van der Waals surface area contributed by atoms with E-state index in [9.17, 15) is 27.2 Å². The van der Waals surface area contributed by atoms with Crippen LogP contribution in [0, 0.1) is 0 Å². The number of carbonyl (C=O) groups is 2. The first-order valence-electron chi connectivity index (χ1n) is 15.0. The van der Waals surface area contributed by atoms with E-state index >= 15 is 0 Å². The van der Waals surface area contributed by atoms with Crippen LogP contribution in [-0.4, -0.2) is 97.8 Å². The Morgan fingerprint density at radius 1 is 1.18 bits per heavy atom. The van der Waals surface area contributed by atoms with Crippen LogP contribution in [0.3, 0.4) is 0 Å². The maximum atomic E-state index is 13.7. The van der Waals surface area contributed by atoms with Gasteiger partial charge in [0, 0.05) is 81.7 Å². The lowest BCUT2D eigenvalue weighted by Crippen LogP contribution is -2.52. The number of alkyl halides is 4. The number of anilines is 1. The fourth-order valence-electron chi connectivity index (χ4n) is 5.79. The van der Waals surface area contributed by atoms with E-state index in [0.717, 1.165) is 25.1 Å². The summed E-state index contributed by atoms with van der Waals surface area (Å²) < 4.78 is 57.5. The van der Waals surface area contributed by atoms with E-state index in [4.69, 9.17) is 4.74 Å². The van der Waals surface area contributed by atoms with Crippen molar-refractivity contribution in [1.29, 1.82) is 0 Å². The second kappa shape index (κ2) is 14.5. The smallest absolute Gasteiger partial charge is 0.272 e. The van der Waals surface area contributed by atoms with Gasteiger partial charge in [-0.25, -0.2) is 17.6 Å². The Hall–Kier alpha value is -3.87. The minimum absolute atomic E-state index is 0.0605. The third-order valence-corrected chi connectivity index (χ3v) is 8.43. The van der Waals surface area contributed by atoms with Gasteiger partial charge in [0.25, 0.3) is 12.3 Å². The van der Waals surface area contributed by atoms with Crippen LogP contribution in [0.4, 0.5) is 23.2 Å². The molecule has 1 aliphatic carbocycles. The summed E-state index contributed by atoms with van der Waals surface area (Å²) in [7, 11) is 1.63. The predicted molar refractivity (Wildman–Crippen MR) is 165 cm³/mol. The number of hydrogen-bond donors (Lipinski definition) is 0. The lowest BCUT2D eigenvalue weighted by molar-refractivity contribution is -0.111. The molecule has 2 fully saturated rings. The summed E-state index contributed by atoms with van der Waals surface area (Å²) >= 11 is 0. The fraction of sp³-hybridized carbons (Fsp3) is 0.531. The molecule has 0 N–H and O–H groups in total. The van der Waals surface area contributed by atoms with Gasteiger partial charge in [0.1, 0.15) is 6.29 Å². The molecule has 4 rings (SSSR count). The summed E-state index contributed by atoms with van der Waals surface area (Å²) in [5.74, 6) is -2.99. The van der Waals surface area contributed by atoms with Crippen LogP contribution >= 0.6 is 0 Å². The first-order valence-corrected chi connectivity index (χ1v) is 15.0. The fourth-order valence-corrected chi connectivity index (χ4v) is 5.79. The number of carbonyl (C=O) groups excluding carboxylic acids is 2. The molecule has 1 aromatic heterocycles. The van der Waals surface area contributed by atoms with Crippen molar-refractivity contribution in [3.8, 4) is 0 Å². The highest BCUT2D eigenvalue weighted by Gasteiger charge is 2.37. The maximum Gasteiger partial charge on any atom is 0.272 e. The van der Waals surface area contributed by atoms with Crippen molar-refractivity contribution in [3.05, 3.63) is 58.9 Å². The van der Waals surface area contributed by atoms with Gasteiger partial charge in [0.2, 0.25) is 11.8 Å². The Bertz CT molecular complexity index is 1370. The van der Waals surface area contributed by atoms with Crippen molar-refractivity contribution in [2.24, 2.45) is 10.2 Å². The standard InChI is InChI=1S/C32H40F4N6O3/c1-31(2,21-43)27-17-25(42-15-13-41(14-16-42)24-9-11-32(35,36)12-10-24)7-8-26(27)30(44)40(4)19-23-6-5-22(18-38-23)29(39-37-3)45-20-28(33)34/h5-8,17-18,21,24,28H,3,9-16,19-20H2,1-2,4H3/b39-29-. The number of piperazine rings is 1. The third-order valence-electron chi connectivity index (χ3n) is 8.43. The molecule has 1 aliphatic heterocycles. The lowest BCUT2D eigenvalue weighted by Gasteiger charge is -2.42. The summed E-state index contributed by atoms with van der Waals surface area (Å²) in [5.41, 5.74) is 1.80. The largest absolute Gasteiger partial charge is 0.470 e. The van der Waals surface area contributed by atoms with Crippen LogP contribution in [0.25, 0.3) is 0 Å². The van der Waals surface area contributed by atoms with E-state index in [-0.39, 0.29) is 37.2 Å². The monoisotopic (exact) mass is 632 g/mol. The molecule has 2 heterocycles. The molecule has 9 nitrogen and oxygen atoms in total. The Kier molecular flexibility index (Phi) is 10.9. The van der Waals surface area contributed by atoms with Crippen LogP contribution in [0.2, 0.25) is 0 Å². The molecule has 1 saturated carbocycles. The van der Waals surface area contributed by atoms with Gasteiger partial charge >= 0.3 is 0 Å². The number of aldehydes is 1. The molecule has 1 amide bonds. The summed E-state index contributed by atoms with van der Waals surface area (Å²) in [5, 5.41) is 7.00. The Balaban J connectivity index is 1.45.